The van der Waals surface area contributed by atoms with Gasteiger partial charge >= 0.3 is 0 Å². The van der Waals surface area contributed by atoms with Gasteiger partial charge in [-0.3, -0.25) is 10.4 Å². The van der Waals surface area contributed by atoms with Crippen molar-refractivity contribution in [2.24, 2.45) is 5.10 Å². The van der Waals surface area contributed by atoms with Gasteiger partial charge in [0, 0.05) is 18.0 Å². The Hall–Kier alpha value is -2.69. The van der Waals surface area contributed by atoms with E-state index in [0.717, 1.165) is 11.3 Å². The van der Waals surface area contributed by atoms with Crippen LogP contribution < -0.4 is 10.5 Å². The fourth-order valence-corrected chi connectivity index (χ4v) is 1.47. The number of hydrazone groups is 1. The van der Waals surface area contributed by atoms with Crippen LogP contribution in [-0.2, 0) is 0 Å². The second kappa shape index (κ2) is 5.77. The Labute approximate surface area is 110 Å². The molecule has 0 aliphatic heterocycles. The number of carboxylic acids is 1. The first kappa shape index (κ1) is 12.8. The van der Waals surface area contributed by atoms with E-state index in [-0.39, 0.29) is 5.56 Å². The molecular formula is C14H12N3O2-. The van der Waals surface area contributed by atoms with Gasteiger partial charge in [-0.25, -0.2) is 0 Å². The zero-order chi connectivity index (χ0) is 13.7. The number of aromatic nitrogens is 1. The van der Waals surface area contributed by atoms with Crippen molar-refractivity contribution in [1.29, 1.82) is 0 Å². The fraction of sp³-hybridized carbons (Fsp3) is 0.0714. The van der Waals surface area contributed by atoms with E-state index in [0.29, 0.717) is 5.69 Å². The number of aromatic carboxylic acids is 1. The topological polar surface area (TPSA) is 77.4 Å². The standard InChI is InChI=1S/C14H13N3O2/c1-10(12-3-2-8-15-9-12)16-17-13-6-4-11(5-7-13)14(18)19/h2-9,17H,1H3,(H,18,19)/p-1/b16-10-. The minimum atomic E-state index is -1.19. The second-order valence-corrected chi connectivity index (χ2v) is 3.92. The lowest BCUT2D eigenvalue weighted by atomic mass is 10.2. The molecule has 1 heterocycles. The molecule has 2 rings (SSSR count). The van der Waals surface area contributed by atoms with Gasteiger partial charge in [0.25, 0.3) is 0 Å². The summed E-state index contributed by atoms with van der Waals surface area (Å²) in [4.78, 5) is 14.6. The molecule has 0 radical (unpaired) electrons. The normalized spacial score (nSPS) is 11.1. The number of carboxylic acid groups (broad SMARTS) is 1. The predicted molar refractivity (Wildman–Crippen MR) is 70.8 cm³/mol. The van der Waals surface area contributed by atoms with Gasteiger partial charge in [0.05, 0.1) is 17.4 Å². The van der Waals surface area contributed by atoms with Crippen LogP contribution in [0.15, 0.2) is 53.9 Å². The molecule has 0 bridgehead atoms. The first-order valence-corrected chi connectivity index (χ1v) is 5.69. The SMILES string of the molecule is C/C(=N/Nc1ccc(C(=O)[O-])cc1)c1cccnc1. The van der Waals surface area contributed by atoms with Crippen molar-refractivity contribution in [2.75, 3.05) is 5.43 Å². The van der Waals surface area contributed by atoms with Gasteiger partial charge in [0.2, 0.25) is 0 Å². The number of nitrogens with one attached hydrogen (secondary N) is 1. The zero-order valence-corrected chi connectivity index (χ0v) is 10.3. The van der Waals surface area contributed by atoms with Gasteiger partial charge < -0.3 is 9.90 Å². The monoisotopic (exact) mass is 254 g/mol. The highest BCUT2D eigenvalue weighted by molar-refractivity contribution is 5.98. The molecule has 0 saturated carbocycles. The smallest absolute Gasteiger partial charge is 0.0715 e. The van der Waals surface area contributed by atoms with Crippen molar-refractivity contribution >= 4 is 17.4 Å². The van der Waals surface area contributed by atoms with Crippen molar-refractivity contribution in [2.45, 2.75) is 6.92 Å². The molecular weight excluding hydrogens is 242 g/mol. The summed E-state index contributed by atoms with van der Waals surface area (Å²) in [6.45, 7) is 1.86. The molecule has 0 saturated heterocycles. The summed E-state index contributed by atoms with van der Waals surface area (Å²) in [6.07, 6.45) is 3.42. The zero-order valence-electron chi connectivity index (χ0n) is 10.3. The number of carbonyl (C=O) groups is 1. The van der Waals surface area contributed by atoms with Crippen molar-refractivity contribution in [3.05, 3.63) is 59.9 Å². The number of hydrogen-bond acceptors (Lipinski definition) is 5. The van der Waals surface area contributed by atoms with Crippen LogP contribution >= 0.6 is 0 Å². The highest BCUT2D eigenvalue weighted by Gasteiger charge is 1.97. The van der Waals surface area contributed by atoms with Crippen molar-refractivity contribution in [3.63, 3.8) is 0 Å². The van der Waals surface area contributed by atoms with Gasteiger partial charge in [0.1, 0.15) is 0 Å². The molecule has 0 amide bonds. The highest BCUT2D eigenvalue weighted by atomic mass is 16.4. The Morgan fingerprint density at radius 1 is 1.21 bits per heavy atom. The summed E-state index contributed by atoms with van der Waals surface area (Å²) in [5, 5.41) is 14.8. The molecule has 96 valence electrons. The Bertz CT molecular complexity index is 592. The molecule has 0 fully saturated rings. The van der Waals surface area contributed by atoms with Crippen LogP contribution in [0.2, 0.25) is 0 Å². The van der Waals surface area contributed by atoms with Crippen LogP contribution in [0.3, 0.4) is 0 Å². The predicted octanol–water partition coefficient (Wildman–Crippen LogP) is 1.28. The van der Waals surface area contributed by atoms with Crippen LogP contribution in [-0.4, -0.2) is 16.7 Å². The van der Waals surface area contributed by atoms with E-state index in [2.05, 4.69) is 15.5 Å². The van der Waals surface area contributed by atoms with E-state index in [1.54, 1.807) is 24.5 Å². The molecule has 19 heavy (non-hydrogen) atoms. The molecule has 0 spiro atoms. The number of rotatable bonds is 4. The van der Waals surface area contributed by atoms with E-state index in [1.165, 1.54) is 12.1 Å². The number of benzene rings is 1. The highest BCUT2D eigenvalue weighted by Crippen LogP contribution is 2.09. The van der Waals surface area contributed by atoms with Crippen LogP contribution in [0.1, 0.15) is 22.8 Å². The first-order chi connectivity index (χ1) is 9.16. The lowest BCUT2D eigenvalue weighted by molar-refractivity contribution is -0.255. The maximum Gasteiger partial charge on any atom is 0.0715 e. The Kier molecular flexibility index (Phi) is 3.87. The number of pyridine rings is 1. The molecule has 1 aromatic heterocycles. The van der Waals surface area contributed by atoms with E-state index in [9.17, 15) is 9.90 Å². The second-order valence-electron chi connectivity index (χ2n) is 3.92. The maximum atomic E-state index is 10.6. The summed E-state index contributed by atoms with van der Waals surface area (Å²) in [5.41, 5.74) is 5.40. The van der Waals surface area contributed by atoms with Gasteiger partial charge in [0.15, 0.2) is 0 Å². The van der Waals surface area contributed by atoms with Gasteiger partial charge in [-0.1, -0.05) is 18.2 Å². The van der Waals surface area contributed by atoms with Crippen LogP contribution in [0.25, 0.3) is 0 Å². The third kappa shape index (κ3) is 3.38. The fourth-order valence-electron chi connectivity index (χ4n) is 1.47. The largest absolute Gasteiger partial charge is 0.545 e. The Balaban J connectivity index is 2.08. The third-order valence-electron chi connectivity index (χ3n) is 2.55. The summed E-state index contributed by atoms with van der Waals surface area (Å²) in [7, 11) is 0. The van der Waals surface area contributed by atoms with Crippen molar-refractivity contribution in [1.82, 2.24) is 4.98 Å². The van der Waals surface area contributed by atoms with E-state index < -0.39 is 5.97 Å². The molecule has 2 aromatic rings. The first-order valence-electron chi connectivity index (χ1n) is 5.69. The quantitative estimate of drug-likeness (QED) is 0.658. The molecule has 0 unspecified atom stereocenters. The average Bonchev–Trinajstić information content (AvgIpc) is 2.46. The summed E-state index contributed by atoms with van der Waals surface area (Å²) in [5.74, 6) is -1.19. The lowest BCUT2D eigenvalue weighted by Gasteiger charge is -2.05. The average molecular weight is 254 g/mol. The third-order valence-corrected chi connectivity index (χ3v) is 2.55. The molecule has 0 atom stereocenters. The van der Waals surface area contributed by atoms with Crippen LogP contribution in [0.5, 0.6) is 0 Å². The van der Waals surface area contributed by atoms with Crippen molar-refractivity contribution in [3.8, 4) is 0 Å². The summed E-state index contributed by atoms with van der Waals surface area (Å²) in [6, 6.07) is 9.94. The molecule has 5 nitrogen and oxygen atoms in total. The minimum absolute atomic E-state index is 0.138. The number of hydrogen-bond donors (Lipinski definition) is 1. The van der Waals surface area contributed by atoms with E-state index >= 15 is 0 Å². The Morgan fingerprint density at radius 3 is 2.53 bits per heavy atom. The summed E-state index contributed by atoms with van der Waals surface area (Å²) < 4.78 is 0. The maximum absolute atomic E-state index is 10.6. The van der Waals surface area contributed by atoms with E-state index in [4.69, 9.17) is 0 Å². The Morgan fingerprint density at radius 2 is 1.95 bits per heavy atom. The van der Waals surface area contributed by atoms with Gasteiger partial charge in [-0.15, -0.1) is 0 Å². The molecule has 1 aromatic carbocycles. The minimum Gasteiger partial charge on any atom is -0.545 e. The number of anilines is 1. The van der Waals surface area contributed by atoms with E-state index in [1.807, 2.05) is 19.1 Å². The van der Waals surface area contributed by atoms with Gasteiger partial charge in [-0.05, 0) is 30.7 Å². The number of nitrogens with zero attached hydrogens (tertiary/aromatic N) is 2. The van der Waals surface area contributed by atoms with Crippen molar-refractivity contribution < 1.29 is 9.90 Å². The lowest BCUT2D eigenvalue weighted by Crippen LogP contribution is -2.21. The molecule has 1 N–H and O–H groups in total. The van der Waals surface area contributed by atoms with Crippen LogP contribution in [0, 0.1) is 0 Å². The van der Waals surface area contributed by atoms with Crippen LogP contribution in [0.4, 0.5) is 5.69 Å². The molecule has 5 heteroatoms. The summed E-state index contributed by atoms with van der Waals surface area (Å²) >= 11 is 0. The number of carbonyl (C=O) groups excluding carboxylic acids is 1. The van der Waals surface area contributed by atoms with Gasteiger partial charge in [-0.2, -0.15) is 5.10 Å². The molecule has 0 aliphatic carbocycles. The molecule has 0 aliphatic rings.